The van der Waals surface area contributed by atoms with E-state index in [0.29, 0.717) is 0 Å². The zero-order valence-electron chi connectivity index (χ0n) is 11.6. The molecule has 0 N–H and O–H groups in total. The maximum atomic E-state index is 2.59. The van der Waals surface area contributed by atoms with E-state index in [-0.39, 0.29) is 0 Å². The second-order valence-corrected chi connectivity index (χ2v) is 30.4. The van der Waals surface area contributed by atoms with Crippen molar-refractivity contribution in [1.82, 2.24) is 0 Å². The van der Waals surface area contributed by atoms with Crippen LogP contribution in [0.15, 0.2) is 0 Å². The second kappa shape index (κ2) is 3.89. The monoisotopic (exact) mass is 306 g/mol. The van der Waals surface area contributed by atoms with Gasteiger partial charge in [0.15, 0.2) is 0 Å². The molecule has 0 aromatic rings. The molecule has 0 nitrogen and oxygen atoms in total. The average Bonchev–Trinajstić information content (AvgIpc) is 1.77. The first-order valence-corrected chi connectivity index (χ1v) is 17.2. The van der Waals surface area contributed by atoms with Crippen molar-refractivity contribution < 1.29 is 0 Å². The van der Waals surface area contributed by atoms with Crippen molar-refractivity contribution >= 4 is 40.7 Å². The summed E-state index contributed by atoms with van der Waals surface area (Å²) in [5, 5.41) is 0. The summed E-state index contributed by atoms with van der Waals surface area (Å²) in [5.41, 5.74) is 0. The first kappa shape index (κ1) is 15.2. The molecule has 14 heavy (non-hydrogen) atoms. The molecule has 0 spiro atoms. The maximum absolute atomic E-state index is 2.59. The van der Waals surface area contributed by atoms with E-state index < -0.39 is 24.2 Å². The van der Waals surface area contributed by atoms with Crippen LogP contribution in [0.2, 0.25) is 62.0 Å². The third kappa shape index (κ3) is 2.47. The van der Waals surface area contributed by atoms with Crippen LogP contribution in [0.1, 0.15) is 0 Å². The minimum atomic E-state index is -1.03. The molecule has 84 valence electrons. The molecule has 0 aliphatic carbocycles. The molecule has 0 aliphatic rings. The fourth-order valence-electron chi connectivity index (χ4n) is 3.38. The van der Waals surface area contributed by atoms with E-state index in [2.05, 4.69) is 75.4 Å². The first-order chi connectivity index (χ1) is 5.75. The fraction of sp³-hybridized carbons (Fsp3) is 1.00. The summed E-state index contributed by atoms with van der Waals surface area (Å²) in [4.78, 5) is 0. The topological polar surface area (TPSA) is 0 Å². The van der Waals surface area contributed by atoms with E-state index in [1.54, 1.807) is 0 Å². The van der Waals surface area contributed by atoms with Crippen LogP contribution in [-0.4, -0.2) is 40.7 Å². The van der Waals surface area contributed by atoms with Crippen molar-refractivity contribution in [1.29, 1.82) is 0 Å². The predicted octanol–water partition coefficient (Wildman–Crippen LogP) is 3.68. The number of hydrogen-bond donors (Lipinski definition) is 0. The molecule has 0 bridgehead atoms. The molecule has 0 saturated carbocycles. The number of rotatable bonds is 3. The molecule has 0 rings (SSSR count). The van der Waals surface area contributed by atoms with Crippen molar-refractivity contribution in [2.75, 3.05) is 0 Å². The minimum absolute atomic E-state index is 0.792. The Morgan fingerprint density at radius 1 is 0.571 bits per heavy atom. The Morgan fingerprint density at radius 3 is 0.714 bits per heavy atom. The van der Waals surface area contributed by atoms with E-state index in [1.165, 1.54) is 0 Å². The van der Waals surface area contributed by atoms with Crippen molar-refractivity contribution in [3.05, 3.63) is 0 Å². The molecule has 0 aromatic heterocycles. The van der Waals surface area contributed by atoms with Gasteiger partial charge in [-0.05, 0) is 0 Å². The summed E-state index contributed by atoms with van der Waals surface area (Å²) in [6.07, 6.45) is 0. The van der Waals surface area contributed by atoms with Crippen LogP contribution in [0.5, 0.6) is 0 Å². The number of hydrogen-bond acceptors (Lipinski definition) is 0. The van der Waals surface area contributed by atoms with E-state index in [9.17, 15) is 0 Å². The third-order valence-corrected chi connectivity index (χ3v) is 40.5. The molecule has 0 unspecified atom stereocenters. The van der Waals surface area contributed by atoms with Crippen molar-refractivity contribution in [2.24, 2.45) is 0 Å². The summed E-state index contributed by atoms with van der Waals surface area (Å²) >= 11 is 2.09. The van der Waals surface area contributed by atoms with Gasteiger partial charge in [0.25, 0.3) is 0 Å². The summed E-state index contributed by atoms with van der Waals surface area (Å²) < 4.78 is 0.792. The van der Waals surface area contributed by atoms with Gasteiger partial charge in [0, 0.05) is 0 Å². The van der Waals surface area contributed by atoms with Gasteiger partial charge < -0.3 is 0 Å². The van der Waals surface area contributed by atoms with Gasteiger partial charge in [-0.25, -0.2) is 0 Å². The van der Waals surface area contributed by atoms with Crippen molar-refractivity contribution in [3.63, 3.8) is 0 Å². The fourth-order valence-corrected chi connectivity index (χ4v) is 30.4. The Balaban J connectivity index is 5.54. The summed E-state index contributed by atoms with van der Waals surface area (Å²) in [6, 6.07) is 0. The van der Waals surface area contributed by atoms with Gasteiger partial charge in [-0.1, -0.05) is 0 Å². The Morgan fingerprint density at radius 2 is 0.714 bits per heavy atom. The van der Waals surface area contributed by atoms with Crippen LogP contribution in [0.4, 0.5) is 0 Å². The third-order valence-electron chi connectivity index (χ3n) is 3.55. The molecule has 0 atom stereocenters. The molecule has 0 aliphatic heterocycles. The standard InChI is InChI=1S/C10H28GeSi3/c1-12(2,3)10(11,13(4,5)6)14(7,8)9/h11H,1-9H3. The predicted molar refractivity (Wildman–Crippen MR) is 79.9 cm³/mol. The van der Waals surface area contributed by atoms with Crippen LogP contribution in [0.25, 0.3) is 0 Å². The SMILES string of the molecule is C[Si](C)(C)[C]([GeH])([Si](C)(C)C)[Si](C)(C)C. The van der Waals surface area contributed by atoms with Crippen LogP contribution >= 0.6 is 0 Å². The molecular formula is C10H28GeSi3. The van der Waals surface area contributed by atoms with E-state index in [0.717, 1.165) is 3.12 Å². The van der Waals surface area contributed by atoms with E-state index >= 15 is 0 Å². The zero-order chi connectivity index (χ0) is 12.0. The molecular weight excluding hydrogens is 277 g/mol. The Bertz CT molecular complexity index is 169. The quantitative estimate of drug-likeness (QED) is 0.698. The average molecular weight is 305 g/mol. The van der Waals surface area contributed by atoms with Crippen LogP contribution in [-0.2, 0) is 0 Å². The van der Waals surface area contributed by atoms with Crippen molar-refractivity contribution in [3.8, 4) is 0 Å². The molecule has 0 aromatic carbocycles. The summed E-state index contributed by atoms with van der Waals surface area (Å²) in [6.45, 7) is 23.3. The van der Waals surface area contributed by atoms with Gasteiger partial charge in [0.2, 0.25) is 0 Å². The Kier molecular flexibility index (Phi) is 4.22. The molecule has 4 heteroatoms. The van der Waals surface area contributed by atoms with Gasteiger partial charge >= 0.3 is 103 Å². The van der Waals surface area contributed by atoms with Crippen LogP contribution < -0.4 is 0 Å². The van der Waals surface area contributed by atoms with E-state index in [4.69, 9.17) is 0 Å². The van der Waals surface area contributed by atoms with Crippen LogP contribution in [0, 0.1) is 0 Å². The second-order valence-electron chi connectivity index (χ2n) is 7.56. The van der Waals surface area contributed by atoms with Crippen molar-refractivity contribution in [2.45, 2.75) is 62.0 Å². The molecule has 2 radical (unpaired) electrons. The summed E-state index contributed by atoms with van der Waals surface area (Å²) in [7, 11) is -3.09. The van der Waals surface area contributed by atoms with E-state index in [1.807, 2.05) is 0 Å². The van der Waals surface area contributed by atoms with Gasteiger partial charge in [-0.3, -0.25) is 0 Å². The van der Waals surface area contributed by atoms with Gasteiger partial charge in [0.1, 0.15) is 0 Å². The molecule has 0 amide bonds. The molecule has 0 fully saturated rings. The van der Waals surface area contributed by atoms with Gasteiger partial charge in [0.05, 0.1) is 0 Å². The zero-order valence-corrected chi connectivity index (χ0v) is 17.0. The van der Waals surface area contributed by atoms with Gasteiger partial charge in [-0.2, -0.15) is 0 Å². The first-order valence-electron chi connectivity index (χ1n) is 5.54. The van der Waals surface area contributed by atoms with Gasteiger partial charge in [-0.15, -0.1) is 0 Å². The Labute approximate surface area is 103 Å². The molecule has 0 saturated heterocycles. The van der Waals surface area contributed by atoms with Crippen LogP contribution in [0.3, 0.4) is 0 Å². The summed E-state index contributed by atoms with van der Waals surface area (Å²) in [5.74, 6) is 0. The normalized spacial score (nSPS) is 15.9. The molecule has 0 heterocycles. The Hall–Kier alpha value is 1.19.